The molecule has 1 aliphatic rings. The lowest BCUT2D eigenvalue weighted by molar-refractivity contribution is 0.387. The Hall–Kier alpha value is -2.54. The van der Waals surface area contributed by atoms with E-state index < -0.39 is 0 Å². The molecule has 7 nitrogen and oxygen atoms in total. The van der Waals surface area contributed by atoms with E-state index in [0.29, 0.717) is 17.8 Å². The van der Waals surface area contributed by atoms with E-state index in [2.05, 4.69) is 50.5 Å². The molecule has 1 saturated heterocycles. The van der Waals surface area contributed by atoms with Gasteiger partial charge in [-0.05, 0) is 37.5 Å². The van der Waals surface area contributed by atoms with Crippen molar-refractivity contribution in [1.29, 1.82) is 0 Å². The van der Waals surface area contributed by atoms with Crippen molar-refractivity contribution in [3.05, 3.63) is 30.1 Å². The molecule has 136 valence electrons. The van der Waals surface area contributed by atoms with Gasteiger partial charge in [0.25, 0.3) is 0 Å². The largest absolute Gasteiger partial charge is 0.352 e. The third-order valence-corrected chi connectivity index (χ3v) is 4.88. The highest BCUT2D eigenvalue weighted by molar-refractivity contribution is 5.85. The molecular weight excluding hydrogens is 326 g/mol. The van der Waals surface area contributed by atoms with Crippen molar-refractivity contribution < 1.29 is 0 Å². The predicted octanol–water partition coefficient (Wildman–Crippen LogP) is 2.55. The van der Waals surface area contributed by atoms with Gasteiger partial charge >= 0.3 is 0 Å². The quantitative estimate of drug-likeness (QED) is 0.752. The molecule has 0 amide bonds. The van der Waals surface area contributed by atoms with Crippen LogP contribution in [0, 0.1) is 12.8 Å². The summed E-state index contributed by atoms with van der Waals surface area (Å²) in [6.07, 6.45) is 2.93. The Morgan fingerprint density at radius 3 is 3.04 bits per heavy atom. The SMILES string of the molecule is Cc1[nH]nc2ccc(-c3nncc(N4CCNC(CC(C)C)C4)n3)cc12. The second kappa shape index (κ2) is 6.99. The van der Waals surface area contributed by atoms with Crippen molar-refractivity contribution >= 4 is 16.7 Å². The van der Waals surface area contributed by atoms with Gasteiger partial charge < -0.3 is 10.2 Å². The zero-order valence-electron chi connectivity index (χ0n) is 15.5. The van der Waals surface area contributed by atoms with Crippen molar-refractivity contribution in [3.63, 3.8) is 0 Å². The van der Waals surface area contributed by atoms with Gasteiger partial charge in [0, 0.05) is 42.3 Å². The maximum Gasteiger partial charge on any atom is 0.183 e. The number of H-pyrrole nitrogens is 1. The first-order chi connectivity index (χ1) is 12.6. The molecular formula is C19H25N7. The van der Waals surface area contributed by atoms with E-state index in [4.69, 9.17) is 4.98 Å². The van der Waals surface area contributed by atoms with Crippen LogP contribution in [0.1, 0.15) is 26.0 Å². The first kappa shape index (κ1) is 16.9. The number of aromatic nitrogens is 5. The average molecular weight is 351 g/mol. The van der Waals surface area contributed by atoms with Gasteiger partial charge in [-0.2, -0.15) is 10.2 Å². The fraction of sp³-hybridized carbons (Fsp3) is 0.474. The second-order valence-corrected chi connectivity index (χ2v) is 7.45. The molecule has 1 aromatic carbocycles. The molecule has 0 saturated carbocycles. The lowest BCUT2D eigenvalue weighted by atomic mass is 10.0. The number of fused-ring (bicyclic) bond motifs is 1. The summed E-state index contributed by atoms with van der Waals surface area (Å²) in [5.74, 6) is 2.23. The molecule has 0 aliphatic carbocycles. The molecule has 0 bridgehead atoms. The predicted molar refractivity (Wildman–Crippen MR) is 103 cm³/mol. The van der Waals surface area contributed by atoms with E-state index in [9.17, 15) is 0 Å². The third kappa shape index (κ3) is 3.39. The zero-order valence-corrected chi connectivity index (χ0v) is 15.5. The molecule has 1 fully saturated rings. The van der Waals surface area contributed by atoms with Gasteiger partial charge in [-0.1, -0.05) is 13.8 Å². The summed E-state index contributed by atoms with van der Waals surface area (Å²) in [4.78, 5) is 7.10. The Balaban J connectivity index is 1.60. The molecule has 3 aromatic rings. The molecule has 1 aliphatic heterocycles. The highest BCUT2D eigenvalue weighted by atomic mass is 15.3. The number of nitrogens with zero attached hydrogens (tertiary/aromatic N) is 5. The second-order valence-electron chi connectivity index (χ2n) is 7.45. The smallest absolute Gasteiger partial charge is 0.183 e. The van der Waals surface area contributed by atoms with Crippen LogP contribution in [0.25, 0.3) is 22.3 Å². The number of rotatable bonds is 4. The van der Waals surface area contributed by atoms with Crippen LogP contribution in [-0.4, -0.2) is 51.1 Å². The average Bonchev–Trinajstić information content (AvgIpc) is 3.02. The van der Waals surface area contributed by atoms with E-state index >= 15 is 0 Å². The molecule has 0 spiro atoms. The van der Waals surface area contributed by atoms with Crippen molar-refractivity contribution in [2.75, 3.05) is 24.5 Å². The minimum Gasteiger partial charge on any atom is -0.352 e. The standard InChI is InChI=1S/C19H25N7/c1-12(2)8-15-11-26(7-6-20-15)18-10-21-25-19(22-18)14-4-5-17-16(9-14)13(3)23-24-17/h4-5,9-10,12,15,20H,6-8,11H2,1-3H3,(H,23,24). The van der Waals surface area contributed by atoms with Gasteiger partial charge in [-0.15, -0.1) is 5.10 Å². The molecule has 0 radical (unpaired) electrons. The highest BCUT2D eigenvalue weighted by Gasteiger charge is 2.22. The third-order valence-electron chi connectivity index (χ3n) is 4.88. The summed E-state index contributed by atoms with van der Waals surface area (Å²) < 4.78 is 0. The molecule has 2 N–H and O–H groups in total. The lowest BCUT2D eigenvalue weighted by Crippen LogP contribution is -2.51. The van der Waals surface area contributed by atoms with Crippen LogP contribution in [0.3, 0.4) is 0 Å². The van der Waals surface area contributed by atoms with Crippen molar-refractivity contribution in [2.24, 2.45) is 5.92 Å². The van der Waals surface area contributed by atoms with Crippen LogP contribution in [-0.2, 0) is 0 Å². The number of hydrogen-bond acceptors (Lipinski definition) is 6. The van der Waals surface area contributed by atoms with Gasteiger partial charge in [0.1, 0.15) is 0 Å². The van der Waals surface area contributed by atoms with Crippen LogP contribution < -0.4 is 10.2 Å². The number of piperazine rings is 1. The highest BCUT2D eigenvalue weighted by Crippen LogP contribution is 2.24. The minimum atomic E-state index is 0.493. The van der Waals surface area contributed by atoms with E-state index in [-0.39, 0.29) is 0 Å². The number of hydrogen-bond donors (Lipinski definition) is 2. The van der Waals surface area contributed by atoms with Gasteiger partial charge in [0.2, 0.25) is 0 Å². The molecule has 7 heteroatoms. The van der Waals surface area contributed by atoms with Gasteiger partial charge in [0.05, 0.1) is 11.7 Å². The normalized spacial score (nSPS) is 18.0. The van der Waals surface area contributed by atoms with E-state index in [0.717, 1.165) is 54.0 Å². The number of aromatic amines is 1. The van der Waals surface area contributed by atoms with Crippen LogP contribution in [0.2, 0.25) is 0 Å². The summed E-state index contributed by atoms with van der Waals surface area (Å²) in [5, 5.41) is 20.5. The molecule has 1 unspecified atom stereocenters. The van der Waals surface area contributed by atoms with E-state index in [1.165, 1.54) is 0 Å². The van der Waals surface area contributed by atoms with Crippen LogP contribution in [0.15, 0.2) is 24.4 Å². The van der Waals surface area contributed by atoms with Gasteiger partial charge in [0.15, 0.2) is 11.6 Å². The van der Waals surface area contributed by atoms with Crippen molar-refractivity contribution in [1.82, 2.24) is 30.7 Å². The topological polar surface area (TPSA) is 82.6 Å². The Morgan fingerprint density at radius 2 is 2.19 bits per heavy atom. The summed E-state index contributed by atoms with van der Waals surface area (Å²) in [5.41, 5.74) is 2.96. The van der Waals surface area contributed by atoms with E-state index in [1.807, 2.05) is 19.1 Å². The summed E-state index contributed by atoms with van der Waals surface area (Å²) >= 11 is 0. The van der Waals surface area contributed by atoms with Crippen molar-refractivity contribution in [2.45, 2.75) is 33.2 Å². The fourth-order valence-corrected chi connectivity index (χ4v) is 3.61. The van der Waals surface area contributed by atoms with Crippen LogP contribution in [0.5, 0.6) is 0 Å². The Morgan fingerprint density at radius 1 is 1.31 bits per heavy atom. The lowest BCUT2D eigenvalue weighted by Gasteiger charge is -2.35. The Kier molecular flexibility index (Phi) is 4.55. The van der Waals surface area contributed by atoms with E-state index in [1.54, 1.807) is 6.20 Å². The first-order valence-electron chi connectivity index (χ1n) is 9.23. The number of nitrogens with one attached hydrogen (secondary N) is 2. The molecule has 2 aromatic heterocycles. The Bertz CT molecular complexity index is 902. The minimum absolute atomic E-state index is 0.493. The summed E-state index contributed by atoms with van der Waals surface area (Å²) in [6.45, 7) is 9.40. The first-order valence-corrected chi connectivity index (χ1v) is 9.23. The number of anilines is 1. The molecule has 3 heterocycles. The molecule has 1 atom stereocenters. The van der Waals surface area contributed by atoms with Gasteiger partial charge in [-0.25, -0.2) is 4.98 Å². The number of benzene rings is 1. The molecule has 26 heavy (non-hydrogen) atoms. The van der Waals surface area contributed by atoms with Crippen LogP contribution in [0.4, 0.5) is 5.82 Å². The summed E-state index contributed by atoms with van der Waals surface area (Å²) in [6, 6.07) is 6.57. The molecule has 4 rings (SSSR count). The van der Waals surface area contributed by atoms with Gasteiger partial charge in [-0.3, -0.25) is 5.10 Å². The number of aryl methyl sites for hydroxylation is 1. The summed E-state index contributed by atoms with van der Waals surface area (Å²) in [7, 11) is 0. The van der Waals surface area contributed by atoms with Crippen LogP contribution >= 0.6 is 0 Å². The van der Waals surface area contributed by atoms with Crippen molar-refractivity contribution in [3.8, 4) is 11.4 Å². The maximum atomic E-state index is 4.80. The monoisotopic (exact) mass is 351 g/mol. The Labute approximate surface area is 153 Å². The zero-order chi connectivity index (χ0) is 18.1. The fourth-order valence-electron chi connectivity index (χ4n) is 3.61. The maximum absolute atomic E-state index is 4.80.